The summed E-state index contributed by atoms with van der Waals surface area (Å²) in [4.78, 5) is 3.78. The molecule has 0 fully saturated rings. The van der Waals surface area contributed by atoms with Crippen molar-refractivity contribution >= 4 is 34.8 Å². The van der Waals surface area contributed by atoms with Crippen LogP contribution >= 0.6 is 34.8 Å². The highest BCUT2D eigenvalue weighted by molar-refractivity contribution is 6.48. The van der Waals surface area contributed by atoms with Crippen LogP contribution in [0.5, 0.6) is 0 Å². The van der Waals surface area contributed by atoms with Gasteiger partial charge in [0.2, 0.25) is 0 Å². The Bertz CT molecular complexity index is 503. The molecule has 0 saturated carbocycles. The summed E-state index contributed by atoms with van der Waals surface area (Å²) < 4.78 is 36.5. The molecule has 0 atom stereocenters. The fraction of sp³-hybridized carbons (Fsp3) is 0.0833. The molecule has 2 rings (SSSR count). The van der Waals surface area contributed by atoms with E-state index in [0.29, 0.717) is 0 Å². The van der Waals surface area contributed by atoms with Gasteiger partial charge < -0.3 is 0 Å². The summed E-state index contributed by atoms with van der Waals surface area (Å²) in [5.41, 5.74) is -0.983. The predicted octanol–water partition coefficient (Wildman–Crippen LogP) is 5.75. The third-order valence-electron chi connectivity index (χ3n) is 1.91. The lowest BCUT2D eigenvalue weighted by atomic mass is 10.2. The summed E-state index contributed by atoms with van der Waals surface area (Å²) in [6, 6.07) is 7.56. The Morgan fingerprint density at radius 2 is 1.42 bits per heavy atom. The van der Waals surface area contributed by atoms with Crippen molar-refractivity contribution in [1.82, 2.24) is 4.98 Å². The zero-order chi connectivity index (χ0) is 14.5. The van der Waals surface area contributed by atoms with Gasteiger partial charge in [0.1, 0.15) is 0 Å². The van der Waals surface area contributed by atoms with Gasteiger partial charge in [0.05, 0.1) is 20.6 Å². The van der Waals surface area contributed by atoms with E-state index < -0.39 is 16.8 Å². The molecule has 0 amide bonds. The molecular formula is C12H7Cl3F3N. The van der Waals surface area contributed by atoms with Crippen LogP contribution < -0.4 is 0 Å². The predicted molar refractivity (Wildman–Crippen MR) is 70.7 cm³/mol. The van der Waals surface area contributed by atoms with E-state index in [2.05, 4.69) is 4.98 Å². The van der Waals surface area contributed by atoms with Crippen LogP contribution in [0.2, 0.25) is 15.1 Å². The first-order valence-corrected chi connectivity index (χ1v) is 6.03. The molecule has 0 N–H and O–H groups in total. The van der Waals surface area contributed by atoms with Crippen LogP contribution in [-0.2, 0) is 6.18 Å². The smallest absolute Gasteiger partial charge is 0.265 e. The van der Waals surface area contributed by atoms with Gasteiger partial charge in [-0.25, -0.2) is 0 Å². The second kappa shape index (κ2) is 6.98. The standard InChI is InChI=1S/C7H2Cl3F3.C5H5N/c8-4-2-1-3(7(11,12)13)5(9)6(4)10;1-2-4-6-5-3-1/h1-2H;1-5H. The molecular weight excluding hydrogens is 321 g/mol. The molecule has 0 aliphatic heterocycles. The summed E-state index contributed by atoms with van der Waals surface area (Å²) in [5.74, 6) is 0. The van der Waals surface area contributed by atoms with Gasteiger partial charge in [-0.05, 0) is 24.3 Å². The second-order valence-electron chi connectivity index (χ2n) is 3.25. The van der Waals surface area contributed by atoms with Gasteiger partial charge >= 0.3 is 6.18 Å². The minimum atomic E-state index is -4.51. The SMILES string of the molecule is FC(F)(F)c1ccc(Cl)c(Cl)c1Cl.c1ccncc1. The number of hydrogen-bond acceptors (Lipinski definition) is 1. The molecule has 0 unspecified atom stereocenters. The Kier molecular flexibility index (Phi) is 5.91. The van der Waals surface area contributed by atoms with Gasteiger partial charge in [0.25, 0.3) is 0 Å². The lowest BCUT2D eigenvalue weighted by Gasteiger charge is -2.09. The molecule has 1 nitrogen and oxygen atoms in total. The maximum absolute atomic E-state index is 12.2. The number of alkyl halides is 3. The van der Waals surface area contributed by atoms with Crippen LogP contribution in [0.15, 0.2) is 42.7 Å². The van der Waals surface area contributed by atoms with E-state index in [9.17, 15) is 13.2 Å². The van der Waals surface area contributed by atoms with E-state index in [1.54, 1.807) is 12.4 Å². The van der Waals surface area contributed by atoms with Crippen LogP contribution in [0.25, 0.3) is 0 Å². The number of rotatable bonds is 0. The van der Waals surface area contributed by atoms with Crippen molar-refractivity contribution in [3.63, 3.8) is 0 Å². The number of hydrogen-bond donors (Lipinski definition) is 0. The highest BCUT2D eigenvalue weighted by Gasteiger charge is 2.34. The first-order valence-electron chi connectivity index (χ1n) is 4.89. The van der Waals surface area contributed by atoms with Crippen molar-refractivity contribution < 1.29 is 13.2 Å². The van der Waals surface area contributed by atoms with Crippen LogP contribution in [0, 0.1) is 0 Å². The fourth-order valence-corrected chi connectivity index (χ4v) is 1.70. The zero-order valence-corrected chi connectivity index (χ0v) is 11.5. The first-order chi connectivity index (χ1) is 8.84. The van der Waals surface area contributed by atoms with Gasteiger partial charge in [0.15, 0.2) is 0 Å². The first kappa shape index (κ1) is 16.1. The van der Waals surface area contributed by atoms with Gasteiger partial charge in [-0.3, -0.25) is 4.98 Å². The fourth-order valence-electron chi connectivity index (χ4n) is 1.06. The van der Waals surface area contributed by atoms with Crippen molar-refractivity contribution in [2.24, 2.45) is 0 Å². The average molecular weight is 329 g/mol. The van der Waals surface area contributed by atoms with E-state index in [1.165, 1.54) is 0 Å². The highest BCUT2D eigenvalue weighted by Crippen LogP contribution is 2.40. The summed E-state index contributed by atoms with van der Waals surface area (Å²) in [5, 5.41) is -0.848. The third-order valence-corrected chi connectivity index (χ3v) is 3.20. The van der Waals surface area contributed by atoms with Crippen LogP contribution in [-0.4, -0.2) is 4.98 Å². The molecule has 0 radical (unpaired) electrons. The second-order valence-corrected chi connectivity index (χ2v) is 4.41. The number of benzene rings is 1. The molecule has 19 heavy (non-hydrogen) atoms. The molecule has 0 saturated heterocycles. The molecule has 0 aliphatic rings. The summed E-state index contributed by atoms with van der Waals surface area (Å²) >= 11 is 16.2. The molecule has 2 aromatic rings. The van der Waals surface area contributed by atoms with E-state index in [1.807, 2.05) is 18.2 Å². The molecule has 102 valence electrons. The zero-order valence-electron chi connectivity index (χ0n) is 9.26. The Morgan fingerprint density at radius 3 is 1.79 bits per heavy atom. The molecule has 1 heterocycles. The summed E-state index contributed by atoms with van der Waals surface area (Å²) in [6.07, 6.45) is -1.01. The van der Waals surface area contributed by atoms with Crippen molar-refractivity contribution in [2.45, 2.75) is 6.18 Å². The minimum Gasteiger partial charge on any atom is -0.265 e. The summed E-state index contributed by atoms with van der Waals surface area (Å²) in [7, 11) is 0. The molecule has 1 aromatic carbocycles. The number of aromatic nitrogens is 1. The number of nitrogens with zero attached hydrogens (tertiary/aromatic N) is 1. The van der Waals surface area contributed by atoms with Crippen molar-refractivity contribution in [3.8, 4) is 0 Å². The largest absolute Gasteiger partial charge is 0.417 e. The number of halogens is 6. The Labute approximate surface area is 122 Å². The van der Waals surface area contributed by atoms with Gasteiger partial charge in [-0.2, -0.15) is 13.2 Å². The van der Waals surface area contributed by atoms with E-state index in [0.717, 1.165) is 12.1 Å². The molecule has 7 heteroatoms. The van der Waals surface area contributed by atoms with E-state index in [4.69, 9.17) is 34.8 Å². The van der Waals surface area contributed by atoms with Crippen molar-refractivity contribution in [1.29, 1.82) is 0 Å². The molecule has 0 spiro atoms. The summed E-state index contributed by atoms with van der Waals surface area (Å²) in [6.45, 7) is 0. The Hall–Kier alpha value is -0.970. The average Bonchev–Trinajstić information content (AvgIpc) is 2.37. The monoisotopic (exact) mass is 327 g/mol. The lowest BCUT2D eigenvalue weighted by molar-refractivity contribution is -0.137. The van der Waals surface area contributed by atoms with Crippen molar-refractivity contribution in [2.75, 3.05) is 0 Å². The molecule has 1 aromatic heterocycles. The van der Waals surface area contributed by atoms with Crippen molar-refractivity contribution in [3.05, 3.63) is 63.4 Å². The highest BCUT2D eigenvalue weighted by atomic mass is 35.5. The lowest BCUT2D eigenvalue weighted by Crippen LogP contribution is -2.05. The van der Waals surface area contributed by atoms with Gasteiger partial charge in [-0.15, -0.1) is 0 Å². The van der Waals surface area contributed by atoms with Gasteiger partial charge in [-0.1, -0.05) is 40.9 Å². The number of pyridine rings is 1. The van der Waals surface area contributed by atoms with E-state index >= 15 is 0 Å². The van der Waals surface area contributed by atoms with Crippen LogP contribution in [0.4, 0.5) is 13.2 Å². The topological polar surface area (TPSA) is 12.9 Å². The normalized spacial score (nSPS) is 10.6. The van der Waals surface area contributed by atoms with Crippen LogP contribution in [0.1, 0.15) is 5.56 Å². The minimum absolute atomic E-state index is 0.000309. The quantitative estimate of drug-likeness (QED) is 0.561. The maximum atomic E-state index is 12.2. The Balaban J connectivity index is 0.000000250. The third kappa shape index (κ3) is 4.90. The molecule has 0 bridgehead atoms. The maximum Gasteiger partial charge on any atom is 0.417 e. The Morgan fingerprint density at radius 1 is 0.842 bits per heavy atom. The molecule has 0 aliphatic carbocycles. The van der Waals surface area contributed by atoms with Gasteiger partial charge in [0, 0.05) is 12.4 Å². The van der Waals surface area contributed by atoms with Crippen LogP contribution in [0.3, 0.4) is 0 Å². The van der Waals surface area contributed by atoms with E-state index in [-0.39, 0.29) is 10.0 Å².